The van der Waals surface area contributed by atoms with Gasteiger partial charge in [0.2, 0.25) is 0 Å². The summed E-state index contributed by atoms with van der Waals surface area (Å²) >= 11 is 1.69. The largest absolute Gasteiger partial charge is 0.301 e. The van der Waals surface area contributed by atoms with E-state index in [1.807, 2.05) is 24.3 Å². The Hall–Kier alpha value is -3.44. The molecule has 0 unspecified atom stereocenters. The monoisotopic (exact) mass is 422 g/mol. The Kier molecular flexibility index (Phi) is 5.76. The van der Waals surface area contributed by atoms with Gasteiger partial charge < -0.3 is 4.57 Å². The lowest BCUT2D eigenvalue weighted by atomic mass is 10.1. The van der Waals surface area contributed by atoms with Gasteiger partial charge in [-0.2, -0.15) is 0 Å². The highest BCUT2D eigenvalue weighted by Gasteiger charge is 2.14. The molecule has 0 aliphatic rings. The molecular weight excluding hydrogens is 400 g/mol. The molecule has 0 radical (unpaired) electrons. The van der Waals surface area contributed by atoms with Gasteiger partial charge in [-0.3, -0.25) is 4.98 Å². The van der Waals surface area contributed by atoms with Gasteiger partial charge >= 0.3 is 0 Å². The third kappa shape index (κ3) is 4.67. The van der Waals surface area contributed by atoms with E-state index >= 15 is 0 Å². The van der Waals surface area contributed by atoms with E-state index in [2.05, 4.69) is 87.6 Å². The Morgan fingerprint density at radius 3 is 2.19 bits per heavy atom. The van der Waals surface area contributed by atoms with E-state index in [1.54, 1.807) is 11.8 Å². The van der Waals surface area contributed by atoms with Crippen LogP contribution in [-0.4, -0.2) is 19.7 Å². The summed E-state index contributed by atoms with van der Waals surface area (Å²) < 4.78 is 2.23. The van der Waals surface area contributed by atoms with Gasteiger partial charge in [-0.25, -0.2) is 0 Å². The molecule has 0 saturated carbocycles. The number of fused-ring (bicyclic) bond motifs is 1. The van der Waals surface area contributed by atoms with Crippen LogP contribution in [-0.2, 0) is 18.7 Å². The topological polar surface area (TPSA) is 43.6 Å². The van der Waals surface area contributed by atoms with Gasteiger partial charge in [0.25, 0.3) is 0 Å². The Bertz CT molecular complexity index is 1280. The molecule has 0 spiro atoms. The summed E-state index contributed by atoms with van der Waals surface area (Å²) in [6.45, 7) is 0.753. The van der Waals surface area contributed by atoms with Crippen molar-refractivity contribution in [1.29, 1.82) is 0 Å². The van der Waals surface area contributed by atoms with Crippen LogP contribution in [0.2, 0.25) is 0 Å². The standard InChI is InChI=1S/C26H22N4S/c1-3-9-20(10-4-1)17-25-28-29-26(30(25)18-21-11-5-2-6-12-21)31-19-23-16-15-22-13-7-8-14-24(22)27-23/h1-16H,17-19H2. The van der Waals surface area contributed by atoms with E-state index in [1.165, 1.54) is 11.1 Å². The maximum absolute atomic E-state index is 4.80. The van der Waals surface area contributed by atoms with Gasteiger partial charge in [0.15, 0.2) is 5.16 Å². The molecule has 3 aromatic carbocycles. The van der Waals surface area contributed by atoms with Crippen LogP contribution in [0.15, 0.2) is 102 Å². The van der Waals surface area contributed by atoms with Crippen LogP contribution in [0.4, 0.5) is 0 Å². The predicted molar refractivity (Wildman–Crippen MR) is 126 cm³/mol. The molecule has 31 heavy (non-hydrogen) atoms. The van der Waals surface area contributed by atoms with Crippen molar-refractivity contribution in [2.45, 2.75) is 23.9 Å². The van der Waals surface area contributed by atoms with Gasteiger partial charge in [-0.1, -0.05) is 96.7 Å². The molecule has 2 aromatic heterocycles. The number of thioether (sulfide) groups is 1. The summed E-state index contributed by atoms with van der Waals surface area (Å²) in [5.74, 6) is 1.73. The van der Waals surface area contributed by atoms with Crippen LogP contribution >= 0.6 is 11.8 Å². The molecule has 0 atom stereocenters. The lowest BCUT2D eigenvalue weighted by Crippen LogP contribution is -2.07. The van der Waals surface area contributed by atoms with Crippen molar-refractivity contribution < 1.29 is 0 Å². The van der Waals surface area contributed by atoms with Crippen molar-refractivity contribution in [2.24, 2.45) is 0 Å². The second kappa shape index (κ2) is 9.14. The van der Waals surface area contributed by atoms with Crippen LogP contribution in [0.1, 0.15) is 22.6 Å². The van der Waals surface area contributed by atoms with E-state index in [4.69, 9.17) is 4.98 Å². The van der Waals surface area contributed by atoms with Crippen LogP contribution in [0.5, 0.6) is 0 Å². The highest BCUT2D eigenvalue weighted by Crippen LogP contribution is 2.24. The van der Waals surface area contributed by atoms with Crippen molar-refractivity contribution >= 4 is 22.7 Å². The Balaban J connectivity index is 1.41. The van der Waals surface area contributed by atoms with Gasteiger partial charge in [-0.05, 0) is 23.3 Å². The zero-order chi connectivity index (χ0) is 20.9. The number of benzene rings is 3. The fourth-order valence-corrected chi connectivity index (χ4v) is 4.45. The normalized spacial score (nSPS) is 11.1. The van der Waals surface area contributed by atoms with Crippen LogP contribution in [0, 0.1) is 0 Å². The Morgan fingerprint density at radius 2 is 1.39 bits per heavy atom. The van der Waals surface area contributed by atoms with E-state index in [9.17, 15) is 0 Å². The minimum atomic E-state index is 0.753. The molecule has 0 N–H and O–H groups in total. The third-order valence-electron chi connectivity index (χ3n) is 5.19. The predicted octanol–water partition coefficient (Wildman–Crippen LogP) is 5.76. The molecule has 0 aliphatic heterocycles. The Morgan fingerprint density at radius 1 is 0.677 bits per heavy atom. The fourth-order valence-electron chi connectivity index (χ4n) is 3.59. The van der Waals surface area contributed by atoms with Crippen molar-refractivity contribution in [3.8, 4) is 0 Å². The first-order valence-corrected chi connectivity index (χ1v) is 11.3. The maximum atomic E-state index is 4.80. The minimum Gasteiger partial charge on any atom is -0.301 e. The molecule has 5 heteroatoms. The number of hydrogen-bond acceptors (Lipinski definition) is 4. The first-order chi connectivity index (χ1) is 15.3. The summed E-state index contributed by atoms with van der Waals surface area (Å²) in [7, 11) is 0. The smallest absolute Gasteiger partial charge is 0.191 e. The molecule has 4 nitrogen and oxygen atoms in total. The zero-order valence-electron chi connectivity index (χ0n) is 17.1. The summed E-state index contributed by atoms with van der Waals surface area (Å²) in [5.41, 5.74) is 4.54. The van der Waals surface area contributed by atoms with Crippen LogP contribution < -0.4 is 0 Å². The van der Waals surface area contributed by atoms with Gasteiger partial charge in [0.05, 0.1) is 17.8 Å². The molecule has 152 valence electrons. The minimum absolute atomic E-state index is 0.753. The average molecular weight is 423 g/mol. The first kappa shape index (κ1) is 19.5. The molecule has 5 aromatic rings. The number of aromatic nitrogens is 4. The second-order valence-electron chi connectivity index (χ2n) is 7.42. The molecule has 0 aliphatic carbocycles. The van der Waals surface area contributed by atoms with Gasteiger partial charge in [0.1, 0.15) is 5.82 Å². The lowest BCUT2D eigenvalue weighted by molar-refractivity contribution is 0.676. The molecule has 0 saturated heterocycles. The van der Waals surface area contributed by atoms with Crippen molar-refractivity contribution in [3.05, 3.63) is 120 Å². The summed E-state index contributed by atoms with van der Waals surface area (Å²) in [6, 6.07) is 33.3. The number of rotatable bonds is 7. The molecule has 2 heterocycles. The zero-order valence-corrected chi connectivity index (χ0v) is 17.9. The van der Waals surface area contributed by atoms with E-state index in [-0.39, 0.29) is 0 Å². The van der Waals surface area contributed by atoms with Gasteiger partial charge in [0, 0.05) is 17.6 Å². The number of hydrogen-bond donors (Lipinski definition) is 0. The highest BCUT2D eigenvalue weighted by molar-refractivity contribution is 7.98. The van der Waals surface area contributed by atoms with E-state index in [0.717, 1.165) is 46.3 Å². The van der Waals surface area contributed by atoms with Crippen molar-refractivity contribution in [1.82, 2.24) is 19.7 Å². The van der Waals surface area contributed by atoms with Crippen molar-refractivity contribution in [3.63, 3.8) is 0 Å². The maximum Gasteiger partial charge on any atom is 0.191 e. The fraction of sp³-hybridized carbons (Fsp3) is 0.115. The lowest BCUT2D eigenvalue weighted by Gasteiger charge is -2.11. The van der Waals surface area contributed by atoms with Crippen LogP contribution in [0.3, 0.4) is 0 Å². The number of pyridine rings is 1. The molecule has 0 amide bonds. The van der Waals surface area contributed by atoms with Crippen molar-refractivity contribution in [2.75, 3.05) is 0 Å². The van der Waals surface area contributed by atoms with Gasteiger partial charge in [-0.15, -0.1) is 10.2 Å². The molecular formula is C26H22N4S. The molecule has 0 fully saturated rings. The Labute approximate surface area is 186 Å². The quantitative estimate of drug-likeness (QED) is 0.313. The van der Waals surface area contributed by atoms with Crippen LogP contribution in [0.25, 0.3) is 10.9 Å². The SMILES string of the molecule is c1ccc(Cc2nnc(SCc3ccc4ccccc4n3)n2Cc2ccccc2)cc1. The summed E-state index contributed by atoms with van der Waals surface area (Å²) in [6.07, 6.45) is 0.759. The second-order valence-corrected chi connectivity index (χ2v) is 8.36. The number of nitrogens with zero attached hydrogens (tertiary/aromatic N) is 4. The summed E-state index contributed by atoms with van der Waals surface area (Å²) in [4.78, 5) is 4.80. The third-order valence-corrected chi connectivity index (χ3v) is 6.19. The number of para-hydroxylation sites is 1. The van der Waals surface area contributed by atoms with E-state index in [0.29, 0.717) is 0 Å². The average Bonchev–Trinajstić information content (AvgIpc) is 3.20. The molecule has 0 bridgehead atoms. The first-order valence-electron chi connectivity index (χ1n) is 10.3. The highest BCUT2D eigenvalue weighted by atomic mass is 32.2. The summed E-state index contributed by atoms with van der Waals surface area (Å²) in [5, 5.41) is 11.2. The van der Waals surface area contributed by atoms with E-state index < -0.39 is 0 Å². The molecule has 5 rings (SSSR count).